The van der Waals surface area contributed by atoms with Crippen molar-refractivity contribution in [3.8, 4) is 11.1 Å². The molecule has 0 aliphatic heterocycles. The highest BCUT2D eigenvalue weighted by molar-refractivity contribution is 6.52. The van der Waals surface area contributed by atoms with E-state index in [1.54, 1.807) is 49.5 Å². The van der Waals surface area contributed by atoms with E-state index in [9.17, 15) is 19.8 Å². The average molecular weight is 325 g/mol. The van der Waals surface area contributed by atoms with Crippen molar-refractivity contribution < 1.29 is 19.8 Å². The van der Waals surface area contributed by atoms with E-state index in [0.717, 1.165) is 0 Å². The minimum Gasteiger partial charge on any atom is -0.390 e. The number of hydrogen-bond acceptors (Lipinski definition) is 5. The lowest BCUT2D eigenvalue weighted by molar-refractivity contribution is 0.0140. The normalized spacial score (nSPS) is 15.6. The number of benzene rings is 2. The van der Waals surface area contributed by atoms with Crippen molar-refractivity contribution in [1.29, 1.82) is 0 Å². The Kier molecular flexibility index (Phi) is 4.57. The standard InChI is InChI=1S/C19H19NO4/c1-20-9-8-16(21)17(22)11-6-7-14-15(10-11)12-4-2-3-5-13(12)18(23)19(14)24/h2-7,10,16-17,20-22H,8-9H2,1H3. The third-order valence-electron chi connectivity index (χ3n) is 4.35. The molecule has 0 bridgehead atoms. The van der Waals surface area contributed by atoms with Gasteiger partial charge in [0, 0.05) is 11.1 Å². The van der Waals surface area contributed by atoms with Crippen LogP contribution in [0.15, 0.2) is 42.5 Å². The molecule has 5 heteroatoms. The van der Waals surface area contributed by atoms with Crippen LogP contribution in [0.4, 0.5) is 0 Å². The zero-order valence-electron chi connectivity index (χ0n) is 13.3. The van der Waals surface area contributed by atoms with Gasteiger partial charge in [0.1, 0.15) is 6.10 Å². The van der Waals surface area contributed by atoms with Gasteiger partial charge in [-0.3, -0.25) is 9.59 Å². The maximum atomic E-state index is 12.3. The number of nitrogens with one attached hydrogen (secondary N) is 1. The predicted molar refractivity (Wildman–Crippen MR) is 90.0 cm³/mol. The summed E-state index contributed by atoms with van der Waals surface area (Å²) in [5.41, 5.74) is 2.52. The first-order valence-electron chi connectivity index (χ1n) is 7.87. The first kappa shape index (κ1) is 16.5. The summed E-state index contributed by atoms with van der Waals surface area (Å²) in [7, 11) is 1.78. The minimum atomic E-state index is -1.05. The highest BCUT2D eigenvalue weighted by atomic mass is 16.3. The number of aliphatic hydroxyl groups is 2. The maximum Gasteiger partial charge on any atom is 0.234 e. The summed E-state index contributed by atoms with van der Waals surface area (Å²) in [5, 5.41) is 23.4. The SMILES string of the molecule is CNCCC(O)C(O)c1ccc2c(c1)-c1ccccc1C(=O)C2=O. The second-order valence-corrected chi connectivity index (χ2v) is 5.91. The number of rotatable bonds is 5. The van der Waals surface area contributed by atoms with Gasteiger partial charge < -0.3 is 15.5 Å². The Labute approximate surface area is 139 Å². The molecule has 0 heterocycles. The van der Waals surface area contributed by atoms with Crippen molar-refractivity contribution in [1.82, 2.24) is 5.32 Å². The van der Waals surface area contributed by atoms with E-state index in [4.69, 9.17) is 0 Å². The monoisotopic (exact) mass is 325 g/mol. The minimum absolute atomic E-state index is 0.333. The molecule has 0 fully saturated rings. The average Bonchev–Trinajstić information content (AvgIpc) is 2.63. The fourth-order valence-corrected chi connectivity index (χ4v) is 3.00. The lowest BCUT2D eigenvalue weighted by Crippen LogP contribution is -2.24. The highest BCUT2D eigenvalue weighted by Gasteiger charge is 2.31. The summed E-state index contributed by atoms with van der Waals surface area (Å²) in [6.45, 7) is 0.582. The summed E-state index contributed by atoms with van der Waals surface area (Å²) in [6, 6.07) is 11.8. The summed E-state index contributed by atoms with van der Waals surface area (Å²) >= 11 is 0. The molecule has 1 aliphatic carbocycles. The van der Waals surface area contributed by atoms with Crippen molar-refractivity contribution in [2.24, 2.45) is 0 Å². The van der Waals surface area contributed by atoms with E-state index < -0.39 is 23.8 Å². The van der Waals surface area contributed by atoms with Gasteiger partial charge in [0.25, 0.3) is 0 Å². The molecule has 124 valence electrons. The van der Waals surface area contributed by atoms with Crippen molar-refractivity contribution in [3.05, 3.63) is 59.2 Å². The smallest absolute Gasteiger partial charge is 0.234 e. The molecule has 2 atom stereocenters. The zero-order valence-corrected chi connectivity index (χ0v) is 13.3. The number of aliphatic hydroxyl groups excluding tert-OH is 2. The van der Waals surface area contributed by atoms with Gasteiger partial charge >= 0.3 is 0 Å². The van der Waals surface area contributed by atoms with Crippen LogP contribution in [-0.2, 0) is 0 Å². The summed E-state index contributed by atoms with van der Waals surface area (Å²) in [5.74, 6) is -1.05. The van der Waals surface area contributed by atoms with Crippen molar-refractivity contribution in [2.45, 2.75) is 18.6 Å². The molecule has 3 N–H and O–H groups in total. The molecule has 0 aromatic heterocycles. The molecule has 2 unspecified atom stereocenters. The Bertz CT molecular complexity index is 800. The Hall–Kier alpha value is -2.34. The van der Waals surface area contributed by atoms with Crippen LogP contribution < -0.4 is 5.32 Å². The second kappa shape index (κ2) is 6.65. The van der Waals surface area contributed by atoms with Crippen LogP contribution in [0.25, 0.3) is 11.1 Å². The van der Waals surface area contributed by atoms with E-state index in [1.807, 2.05) is 0 Å². The predicted octanol–water partition coefficient (Wildman–Crippen LogP) is 1.74. The highest BCUT2D eigenvalue weighted by Crippen LogP contribution is 2.35. The summed E-state index contributed by atoms with van der Waals surface area (Å²) in [4.78, 5) is 24.4. The Balaban J connectivity index is 2.02. The number of Topliss-reactive ketones (excluding diaryl/α,β-unsaturated/α-hetero) is 2. The molecule has 2 aromatic rings. The van der Waals surface area contributed by atoms with E-state index in [-0.39, 0.29) is 0 Å². The molecule has 3 rings (SSSR count). The molecule has 0 amide bonds. The van der Waals surface area contributed by atoms with E-state index in [2.05, 4.69) is 5.32 Å². The fourth-order valence-electron chi connectivity index (χ4n) is 3.00. The first-order valence-corrected chi connectivity index (χ1v) is 7.87. The Morgan fingerprint density at radius 2 is 1.54 bits per heavy atom. The third kappa shape index (κ3) is 2.78. The van der Waals surface area contributed by atoms with Gasteiger partial charge in [-0.05, 0) is 48.8 Å². The molecule has 0 saturated heterocycles. The van der Waals surface area contributed by atoms with Crippen molar-refractivity contribution in [2.75, 3.05) is 13.6 Å². The molecule has 5 nitrogen and oxygen atoms in total. The van der Waals surface area contributed by atoms with Gasteiger partial charge in [-0.2, -0.15) is 0 Å². The second-order valence-electron chi connectivity index (χ2n) is 5.91. The molecule has 0 saturated carbocycles. The lowest BCUT2D eigenvalue weighted by Gasteiger charge is -2.22. The topological polar surface area (TPSA) is 86.6 Å². The van der Waals surface area contributed by atoms with Crippen LogP contribution in [-0.4, -0.2) is 41.5 Å². The number of hydrogen-bond donors (Lipinski definition) is 3. The Morgan fingerprint density at radius 3 is 2.21 bits per heavy atom. The van der Waals surface area contributed by atoms with Crippen molar-refractivity contribution in [3.63, 3.8) is 0 Å². The number of carbonyl (C=O) groups is 2. The lowest BCUT2D eigenvalue weighted by atomic mass is 9.82. The van der Waals surface area contributed by atoms with E-state index >= 15 is 0 Å². The van der Waals surface area contributed by atoms with Crippen LogP contribution in [0.2, 0.25) is 0 Å². The van der Waals surface area contributed by atoms with Crippen LogP contribution in [0.5, 0.6) is 0 Å². The zero-order chi connectivity index (χ0) is 17.3. The maximum absolute atomic E-state index is 12.3. The van der Waals surface area contributed by atoms with Crippen LogP contribution in [0.3, 0.4) is 0 Å². The molecule has 2 aromatic carbocycles. The van der Waals surface area contributed by atoms with Gasteiger partial charge in [-0.1, -0.05) is 30.3 Å². The molecule has 24 heavy (non-hydrogen) atoms. The Morgan fingerprint density at radius 1 is 0.917 bits per heavy atom. The third-order valence-corrected chi connectivity index (χ3v) is 4.35. The van der Waals surface area contributed by atoms with E-state index in [1.165, 1.54) is 0 Å². The van der Waals surface area contributed by atoms with Crippen LogP contribution >= 0.6 is 0 Å². The van der Waals surface area contributed by atoms with Crippen LogP contribution in [0, 0.1) is 0 Å². The summed E-state index contributed by atoms with van der Waals surface area (Å²) in [6.07, 6.45) is -1.56. The largest absolute Gasteiger partial charge is 0.390 e. The van der Waals surface area contributed by atoms with Gasteiger partial charge in [0.15, 0.2) is 0 Å². The van der Waals surface area contributed by atoms with Gasteiger partial charge in [0.05, 0.1) is 6.10 Å². The number of carbonyl (C=O) groups excluding carboxylic acids is 2. The first-order chi connectivity index (χ1) is 11.5. The van der Waals surface area contributed by atoms with Gasteiger partial charge in [-0.25, -0.2) is 0 Å². The molecule has 0 spiro atoms. The fraction of sp³-hybridized carbons (Fsp3) is 0.263. The van der Waals surface area contributed by atoms with Crippen LogP contribution in [0.1, 0.15) is 38.8 Å². The summed E-state index contributed by atoms with van der Waals surface area (Å²) < 4.78 is 0. The molecular weight excluding hydrogens is 306 g/mol. The van der Waals surface area contributed by atoms with E-state index in [0.29, 0.717) is 40.8 Å². The number of ketones is 2. The van der Waals surface area contributed by atoms with Crippen molar-refractivity contribution >= 4 is 11.6 Å². The van der Waals surface area contributed by atoms with Gasteiger partial charge in [0.2, 0.25) is 11.6 Å². The number of fused-ring (bicyclic) bond motifs is 3. The quantitative estimate of drug-likeness (QED) is 0.729. The van der Waals surface area contributed by atoms with Gasteiger partial charge in [-0.15, -0.1) is 0 Å². The molecule has 0 radical (unpaired) electrons. The molecular formula is C19H19NO4. The molecule has 1 aliphatic rings.